The van der Waals surface area contributed by atoms with Crippen LogP contribution in [-0.2, 0) is 14.8 Å². The standard InChI is InChI=1S/C25H23Cl2FN6O3S/c26-18-14-17(1-2-19(18)28)31-22-5-6-29-21-4-3-20(32-24(21)22)16-13-23(25(27)30-15-16)33-38(35,36)12-9-34-7-10-37-11-8-34/h1-6,13-15,33H,7-12H2,(H,29,31). The average Bonchev–Trinajstić information content (AvgIpc) is 2.91. The summed E-state index contributed by atoms with van der Waals surface area (Å²) < 4.78 is 47.0. The second-order valence-electron chi connectivity index (χ2n) is 8.61. The van der Waals surface area contributed by atoms with Crippen LogP contribution >= 0.6 is 23.2 Å². The maximum Gasteiger partial charge on any atom is 0.234 e. The second-order valence-corrected chi connectivity index (χ2v) is 11.2. The summed E-state index contributed by atoms with van der Waals surface area (Å²) in [4.78, 5) is 15.3. The van der Waals surface area contributed by atoms with E-state index in [1.165, 1.54) is 18.3 Å². The van der Waals surface area contributed by atoms with Crippen LogP contribution < -0.4 is 10.0 Å². The number of hydrogen-bond donors (Lipinski definition) is 2. The number of anilines is 3. The Kier molecular flexibility index (Phi) is 7.91. The van der Waals surface area contributed by atoms with Gasteiger partial charge in [-0.1, -0.05) is 23.2 Å². The maximum absolute atomic E-state index is 13.6. The van der Waals surface area contributed by atoms with Crippen molar-refractivity contribution in [3.8, 4) is 11.3 Å². The molecule has 1 fully saturated rings. The molecule has 0 radical (unpaired) electrons. The molecule has 13 heteroatoms. The summed E-state index contributed by atoms with van der Waals surface area (Å²) in [5.74, 6) is -0.601. The third-order valence-electron chi connectivity index (χ3n) is 5.96. The number of nitrogens with zero attached hydrogens (tertiary/aromatic N) is 4. The minimum atomic E-state index is -3.67. The van der Waals surface area contributed by atoms with Crippen LogP contribution in [0, 0.1) is 5.82 Å². The first-order valence-electron chi connectivity index (χ1n) is 11.7. The number of fused-ring (bicyclic) bond motifs is 1. The first-order valence-corrected chi connectivity index (χ1v) is 14.1. The molecule has 0 saturated carbocycles. The molecule has 3 aromatic heterocycles. The molecule has 0 unspecified atom stereocenters. The smallest absolute Gasteiger partial charge is 0.234 e. The first-order chi connectivity index (χ1) is 18.3. The van der Waals surface area contributed by atoms with Crippen molar-refractivity contribution in [1.82, 2.24) is 19.9 Å². The highest BCUT2D eigenvalue weighted by Gasteiger charge is 2.18. The van der Waals surface area contributed by atoms with Crippen molar-refractivity contribution < 1.29 is 17.5 Å². The van der Waals surface area contributed by atoms with Gasteiger partial charge >= 0.3 is 0 Å². The normalized spacial score (nSPS) is 14.5. The summed E-state index contributed by atoms with van der Waals surface area (Å²) >= 11 is 12.1. The number of benzene rings is 1. The highest BCUT2D eigenvalue weighted by molar-refractivity contribution is 7.92. The molecule has 9 nitrogen and oxygen atoms in total. The molecule has 198 valence electrons. The molecule has 0 bridgehead atoms. The third-order valence-corrected chi connectivity index (χ3v) is 7.80. The zero-order valence-electron chi connectivity index (χ0n) is 20.0. The van der Waals surface area contributed by atoms with Crippen LogP contribution in [0.4, 0.5) is 21.5 Å². The van der Waals surface area contributed by atoms with E-state index in [1.807, 2.05) is 4.90 Å². The molecule has 2 N–H and O–H groups in total. The van der Waals surface area contributed by atoms with Crippen molar-refractivity contribution in [2.45, 2.75) is 0 Å². The van der Waals surface area contributed by atoms with Crippen molar-refractivity contribution >= 4 is 61.3 Å². The van der Waals surface area contributed by atoms with Gasteiger partial charge in [-0.3, -0.25) is 14.6 Å². The summed E-state index contributed by atoms with van der Waals surface area (Å²) in [5, 5.41) is 3.22. The first kappa shape index (κ1) is 26.5. The molecule has 0 amide bonds. The highest BCUT2D eigenvalue weighted by Crippen LogP contribution is 2.31. The van der Waals surface area contributed by atoms with Gasteiger partial charge in [0.25, 0.3) is 0 Å². The number of aromatic nitrogens is 3. The van der Waals surface area contributed by atoms with Crippen LogP contribution in [0.2, 0.25) is 10.2 Å². The Bertz CT molecular complexity index is 1590. The van der Waals surface area contributed by atoms with E-state index in [4.69, 9.17) is 32.9 Å². The van der Waals surface area contributed by atoms with E-state index in [0.29, 0.717) is 66.5 Å². The van der Waals surface area contributed by atoms with Crippen molar-refractivity contribution in [1.29, 1.82) is 0 Å². The van der Waals surface area contributed by atoms with Crippen LogP contribution in [0.1, 0.15) is 0 Å². The van der Waals surface area contributed by atoms with Crippen LogP contribution in [0.3, 0.4) is 0 Å². The SMILES string of the molecule is O=S(=O)(CCN1CCOCC1)Nc1cc(-c2ccc3nccc(Nc4ccc(F)c(Cl)c4)c3n2)cnc1Cl. The molecule has 4 heterocycles. The Morgan fingerprint density at radius 2 is 1.84 bits per heavy atom. The Morgan fingerprint density at radius 1 is 1.03 bits per heavy atom. The Labute approximate surface area is 229 Å². The number of halogens is 3. The quantitative estimate of drug-likeness (QED) is 0.283. The monoisotopic (exact) mass is 576 g/mol. The van der Waals surface area contributed by atoms with Gasteiger partial charge in [0.05, 0.1) is 46.6 Å². The van der Waals surface area contributed by atoms with Crippen molar-refractivity contribution in [2.75, 3.05) is 48.6 Å². The zero-order valence-corrected chi connectivity index (χ0v) is 22.3. The molecule has 0 aliphatic carbocycles. The highest BCUT2D eigenvalue weighted by atomic mass is 35.5. The number of rotatable bonds is 8. The Morgan fingerprint density at radius 3 is 2.63 bits per heavy atom. The number of sulfonamides is 1. The van der Waals surface area contributed by atoms with Gasteiger partial charge in [-0.15, -0.1) is 0 Å². The lowest BCUT2D eigenvalue weighted by Crippen LogP contribution is -2.39. The Balaban J connectivity index is 1.40. The van der Waals surface area contributed by atoms with Crippen LogP contribution in [-0.4, -0.2) is 66.9 Å². The summed E-state index contributed by atoms with van der Waals surface area (Å²) in [5.41, 5.74) is 3.64. The predicted octanol–water partition coefficient (Wildman–Crippen LogP) is 4.96. The lowest BCUT2D eigenvalue weighted by Gasteiger charge is -2.26. The summed E-state index contributed by atoms with van der Waals surface area (Å²) in [6, 6.07) is 11.2. The van der Waals surface area contributed by atoms with Gasteiger partial charge < -0.3 is 10.1 Å². The maximum atomic E-state index is 13.6. The molecular weight excluding hydrogens is 554 g/mol. The van der Waals surface area contributed by atoms with E-state index < -0.39 is 15.8 Å². The number of ether oxygens (including phenoxy) is 1. The summed E-state index contributed by atoms with van der Waals surface area (Å²) in [6.07, 6.45) is 3.15. The van der Waals surface area contributed by atoms with Gasteiger partial charge in [-0.25, -0.2) is 22.8 Å². The second kappa shape index (κ2) is 11.3. The van der Waals surface area contributed by atoms with Gasteiger partial charge in [0.2, 0.25) is 10.0 Å². The van der Waals surface area contributed by atoms with Gasteiger partial charge in [0.1, 0.15) is 11.3 Å². The predicted molar refractivity (Wildman–Crippen MR) is 147 cm³/mol. The van der Waals surface area contributed by atoms with E-state index >= 15 is 0 Å². The molecule has 1 saturated heterocycles. The van der Waals surface area contributed by atoms with E-state index in [1.54, 1.807) is 36.5 Å². The molecule has 0 atom stereocenters. The number of pyridine rings is 3. The lowest BCUT2D eigenvalue weighted by molar-refractivity contribution is 0.0408. The van der Waals surface area contributed by atoms with Crippen LogP contribution in [0.25, 0.3) is 22.3 Å². The minimum Gasteiger partial charge on any atom is -0.379 e. The number of morpholine rings is 1. The van der Waals surface area contributed by atoms with Crippen LogP contribution in [0.15, 0.2) is 54.9 Å². The van der Waals surface area contributed by atoms with E-state index in [9.17, 15) is 12.8 Å². The topological polar surface area (TPSA) is 109 Å². The fourth-order valence-corrected chi connectivity index (χ4v) is 5.45. The van der Waals surface area contributed by atoms with E-state index in [-0.39, 0.29) is 21.6 Å². The summed E-state index contributed by atoms with van der Waals surface area (Å²) in [7, 11) is -3.67. The molecule has 4 aromatic rings. The van der Waals surface area contributed by atoms with Crippen molar-refractivity contribution in [3.05, 3.63) is 70.9 Å². The molecule has 5 rings (SSSR count). The molecular formula is C25H23Cl2FN6O3S. The van der Waals surface area contributed by atoms with Gasteiger partial charge in [-0.05, 0) is 42.5 Å². The fraction of sp³-hybridized carbons (Fsp3) is 0.240. The largest absolute Gasteiger partial charge is 0.379 e. The molecule has 38 heavy (non-hydrogen) atoms. The van der Waals surface area contributed by atoms with Gasteiger partial charge in [-0.2, -0.15) is 0 Å². The molecule has 1 aliphatic heterocycles. The molecule has 1 aromatic carbocycles. The van der Waals surface area contributed by atoms with Gasteiger partial charge in [0.15, 0.2) is 5.15 Å². The average molecular weight is 577 g/mol. The number of nitrogens with one attached hydrogen (secondary N) is 2. The van der Waals surface area contributed by atoms with Crippen molar-refractivity contribution in [2.24, 2.45) is 0 Å². The fourth-order valence-electron chi connectivity index (χ4n) is 3.97. The van der Waals surface area contributed by atoms with Gasteiger partial charge in [0, 0.05) is 43.3 Å². The molecule has 1 aliphatic rings. The number of hydrogen-bond acceptors (Lipinski definition) is 8. The lowest BCUT2D eigenvalue weighted by atomic mass is 10.1. The van der Waals surface area contributed by atoms with E-state index in [2.05, 4.69) is 20.0 Å². The van der Waals surface area contributed by atoms with Crippen molar-refractivity contribution in [3.63, 3.8) is 0 Å². The molecule has 0 spiro atoms. The zero-order chi connectivity index (χ0) is 26.7. The minimum absolute atomic E-state index is 0.00539. The van der Waals surface area contributed by atoms with E-state index in [0.717, 1.165) is 0 Å². The Hall–Kier alpha value is -3.09. The van der Waals surface area contributed by atoms with Crippen LogP contribution in [0.5, 0.6) is 0 Å². The summed E-state index contributed by atoms with van der Waals surface area (Å²) in [6.45, 7) is 2.96. The third kappa shape index (κ3) is 6.30.